The third kappa shape index (κ3) is 7.22. The van der Waals surface area contributed by atoms with E-state index in [0.717, 1.165) is 10.7 Å². The van der Waals surface area contributed by atoms with E-state index in [1.807, 2.05) is 0 Å². The number of hydrogen-bond donors (Lipinski definition) is 2. The number of amides is 2. The van der Waals surface area contributed by atoms with Gasteiger partial charge >= 0.3 is 12.3 Å². The van der Waals surface area contributed by atoms with Gasteiger partial charge in [0.05, 0.1) is 24.9 Å². The number of nitrogens with one attached hydrogen (secondary N) is 2. The molecule has 4 aromatic rings. The average molecular weight is 593 g/mol. The van der Waals surface area contributed by atoms with Crippen LogP contribution in [0.4, 0.5) is 18.0 Å². The molecule has 0 unspecified atom stereocenters. The Kier molecular flexibility index (Phi) is 8.37. The number of carbonyl (C=O) groups is 2. The smallest absolute Gasteiger partial charge is 0.435 e. The monoisotopic (exact) mass is 592 g/mol. The topological polar surface area (TPSA) is 133 Å². The standard InChI is InChI=1S/C26H27F3N6O5S/c1-14(31-24(37)40-25(2,3)4)21(36)30-12-16-10-15(13-41-16)35-18(11-20(34-35)26(27,28)29)23-33-32-22(39-23)17-8-6-7-9-19(17)38-5/h6-11,13-14H,12H2,1-5H3,(H,30,36)(H,31,37)/t14-/m0/s1. The number of carbonyl (C=O) groups excluding carboxylic acids is 2. The molecule has 41 heavy (non-hydrogen) atoms. The molecule has 1 atom stereocenters. The second kappa shape index (κ2) is 11.6. The summed E-state index contributed by atoms with van der Waals surface area (Å²) in [5, 5.41) is 18.4. The Balaban J connectivity index is 1.54. The van der Waals surface area contributed by atoms with Gasteiger partial charge in [-0.1, -0.05) is 12.1 Å². The molecular formula is C26H27F3N6O5S. The number of alkyl carbamates (subject to hydrolysis) is 1. The minimum atomic E-state index is -4.73. The van der Waals surface area contributed by atoms with Crippen LogP contribution in [0.1, 0.15) is 38.3 Å². The van der Waals surface area contributed by atoms with Crippen LogP contribution < -0.4 is 15.4 Å². The minimum absolute atomic E-state index is 0.0570. The molecule has 0 radical (unpaired) electrons. The number of rotatable bonds is 8. The maximum atomic E-state index is 13.6. The van der Waals surface area contributed by atoms with E-state index in [0.29, 0.717) is 21.9 Å². The molecule has 11 nitrogen and oxygen atoms in total. The highest BCUT2D eigenvalue weighted by Crippen LogP contribution is 2.35. The van der Waals surface area contributed by atoms with E-state index < -0.39 is 35.5 Å². The molecule has 0 aliphatic heterocycles. The zero-order valence-electron chi connectivity index (χ0n) is 22.7. The Morgan fingerprint density at radius 2 is 1.83 bits per heavy atom. The minimum Gasteiger partial charge on any atom is -0.496 e. The second-order valence-electron chi connectivity index (χ2n) is 9.79. The largest absolute Gasteiger partial charge is 0.496 e. The number of benzene rings is 1. The number of thiophene rings is 1. The first kappa shape index (κ1) is 29.6. The number of para-hydroxylation sites is 1. The molecule has 0 aliphatic rings. The summed E-state index contributed by atoms with van der Waals surface area (Å²) < 4.78 is 58.1. The van der Waals surface area contributed by atoms with Gasteiger partial charge in [-0.25, -0.2) is 9.48 Å². The summed E-state index contributed by atoms with van der Waals surface area (Å²) in [6.45, 7) is 6.66. The Bertz CT molecular complexity index is 1540. The van der Waals surface area contributed by atoms with Crippen molar-refractivity contribution in [2.24, 2.45) is 0 Å². The van der Waals surface area contributed by atoms with E-state index >= 15 is 0 Å². The maximum absolute atomic E-state index is 13.6. The predicted molar refractivity (Wildman–Crippen MR) is 142 cm³/mol. The van der Waals surface area contributed by atoms with Crippen molar-refractivity contribution in [2.75, 3.05) is 7.11 Å². The van der Waals surface area contributed by atoms with Gasteiger partial charge in [0.1, 0.15) is 23.1 Å². The van der Waals surface area contributed by atoms with Crippen molar-refractivity contribution in [1.82, 2.24) is 30.6 Å². The number of methoxy groups -OCH3 is 1. The van der Waals surface area contributed by atoms with E-state index in [9.17, 15) is 22.8 Å². The van der Waals surface area contributed by atoms with E-state index in [1.54, 1.807) is 56.5 Å². The molecule has 2 N–H and O–H groups in total. The van der Waals surface area contributed by atoms with Crippen LogP contribution in [0.15, 0.2) is 46.2 Å². The lowest BCUT2D eigenvalue weighted by Gasteiger charge is -2.21. The molecule has 0 bridgehead atoms. The summed E-state index contributed by atoms with van der Waals surface area (Å²) in [4.78, 5) is 25.0. The van der Waals surface area contributed by atoms with Gasteiger partial charge in [-0.05, 0) is 45.9 Å². The fourth-order valence-electron chi connectivity index (χ4n) is 3.58. The van der Waals surface area contributed by atoms with Crippen molar-refractivity contribution in [3.05, 3.63) is 52.3 Å². The number of nitrogens with zero attached hydrogens (tertiary/aromatic N) is 4. The quantitative estimate of drug-likeness (QED) is 0.285. The van der Waals surface area contributed by atoms with Crippen LogP contribution >= 0.6 is 11.3 Å². The van der Waals surface area contributed by atoms with Crippen molar-refractivity contribution in [3.63, 3.8) is 0 Å². The molecule has 3 heterocycles. The summed E-state index contributed by atoms with van der Waals surface area (Å²) in [6.07, 6.45) is -5.46. The van der Waals surface area contributed by atoms with Gasteiger partial charge in [0.25, 0.3) is 11.8 Å². The third-order valence-corrected chi connectivity index (χ3v) is 6.35. The molecule has 0 spiro atoms. The summed E-state index contributed by atoms with van der Waals surface area (Å²) >= 11 is 1.20. The fourth-order valence-corrected chi connectivity index (χ4v) is 4.36. The Hall–Kier alpha value is -4.40. The van der Waals surface area contributed by atoms with Crippen LogP contribution in [0.2, 0.25) is 0 Å². The molecule has 4 rings (SSSR count). The maximum Gasteiger partial charge on any atom is 0.435 e. The number of hydrogen-bond acceptors (Lipinski definition) is 9. The average Bonchev–Trinajstić information content (AvgIpc) is 3.64. The van der Waals surface area contributed by atoms with Crippen molar-refractivity contribution < 1.29 is 36.7 Å². The summed E-state index contributed by atoms with van der Waals surface area (Å²) in [5.41, 5.74) is -1.17. The predicted octanol–water partition coefficient (Wildman–Crippen LogP) is 5.21. The lowest BCUT2D eigenvalue weighted by molar-refractivity contribution is -0.141. The molecule has 1 aromatic carbocycles. The number of alkyl halides is 3. The highest BCUT2D eigenvalue weighted by molar-refractivity contribution is 7.10. The SMILES string of the molecule is COc1ccccc1-c1nnc(-c2cc(C(F)(F)F)nn2-c2csc(CNC(=O)[C@H](C)NC(=O)OC(C)(C)C)c2)o1. The van der Waals surface area contributed by atoms with Crippen LogP contribution in [-0.4, -0.2) is 50.7 Å². The van der Waals surface area contributed by atoms with Crippen LogP contribution in [0, 0.1) is 0 Å². The molecule has 3 aromatic heterocycles. The normalized spacial score (nSPS) is 12.6. The van der Waals surface area contributed by atoms with Crippen molar-refractivity contribution in [2.45, 2.75) is 52.1 Å². The van der Waals surface area contributed by atoms with E-state index in [1.165, 1.54) is 25.4 Å². The molecule has 0 aliphatic carbocycles. The first-order chi connectivity index (χ1) is 19.2. The molecule has 2 amide bonds. The number of ether oxygens (including phenoxy) is 2. The Morgan fingerprint density at radius 3 is 2.51 bits per heavy atom. The summed E-state index contributed by atoms with van der Waals surface area (Å²) in [5.74, 6) is -0.148. The van der Waals surface area contributed by atoms with Gasteiger partial charge < -0.3 is 24.5 Å². The van der Waals surface area contributed by atoms with Gasteiger partial charge in [-0.2, -0.15) is 18.3 Å². The number of halogens is 3. The van der Waals surface area contributed by atoms with Crippen LogP contribution in [0.25, 0.3) is 28.7 Å². The highest BCUT2D eigenvalue weighted by Gasteiger charge is 2.36. The van der Waals surface area contributed by atoms with Gasteiger partial charge in [-0.3, -0.25) is 4.79 Å². The van der Waals surface area contributed by atoms with Crippen molar-refractivity contribution >= 4 is 23.3 Å². The molecule has 0 saturated heterocycles. The van der Waals surface area contributed by atoms with E-state index in [2.05, 4.69) is 25.9 Å². The zero-order valence-corrected chi connectivity index (χ0v) is 23.5. The van der Waals surface area contributed by atoms with E-state index in [-0.39, 0.29) is 24.0 Å². The first-order valence-corrected chi connectivity index (χ1v) is 13.1. The van der Waals surface area contributed by atoms with Crippen LogP contribution in [-0.2, 0) is 22.3 Å². The lowest BCUT2D eigenvalue weighted by Crippen LogP contribution is -2.46. The zero-order chi connectivity index (χ0) is 29.9. The molecular weight excluding hydrogens is 565 g/mol. The Labute approximate surface area is 236 Å². The van der Waals surface area contributed by atoms with Gasteiger partial charge in [0, 0.05) is 16.3 Å². The molecule has 0 fully saturated rings. The lowest BCUT2D eigenvalue weighted by atomic mass is 10.2. The van der Waals surface area contributed by atoms with Crippen LogP contribution in [0.5, 0.6) is 5.75 Å². The summed E-state index contributed by atoms with van der Waals surface area (Å²) in [7, 11) is 1.47. The molecule has 218 valence electrons. The fraction of sp³-hybridized carbons (Fsp3) is 0.346. The highest BCUT2D eigenvalue weighted by atomic mass is 32.1. The summed E-state index contributed by atoms with van der Waals surface area (Å²) in [6, 6.07) is 8.36. The Morgan fingerprint density at radius 1 is 1.12 bits per heavy atom. The number of aromatic nitrogens is 4. The molecule has 0 saturated carbocycles. The van der Waals surface area contributed by atoms with E-state index in [4.69, 9.17) is 13.9 Å². The van der Waals surface area contributed by atoms with Crippen molar-refractivity contribution in [1.29, 1.82) is 0 Å². The van der Waals surface area contributed by atoms with Gasteiger partial charge in [0.2, 0.25) is 5.91 Å². The third-order valence-electron chi connectivity index (χ3n) is 5.43. The van der Waals surface area contributed by atoms with Gasteiger partial charge in [0.15, 0.2) is 5.69 Å². The second-order valence-corrected chi connectivity index (χ2v) is 10.8. The van der Waals surface area contributed by atoms with Crippen LogP contribution in [0.3, 0.4) is 0 Å². The van der Waals surface area contributed by atoms with Gasteiger partial charge in [-0.15, -0.1) is 21.5 Å². The van der Waals surface area contributed by atoms with Crippen molar-refractivity contribution in [3.8, 4) is 34.5 Å². The first-order valence-electron chi connectivity index (χ1n) is 12.2. The molecule has 15 heteroatoms.